The summed E-state index contributed by atoms with van der Waals surface area (Å²) < 4.78 is 0.903. The largest absolute Gasteiger partial charge is 0.508 e. The number of ketones is 1. The fourth-order valence-corrected chi connectivity index (χ4v) is 1.59. The van der Waals surface area contributed by atoms with Crippen LogP contribution in [0.5, 0.6) is 5.75 Å². The van der Waals surface area contributed by atoms with Gasteiger partial charge in [0.1, 0.15) is 11.5 Å². The molecule has 1 aromatic carbocycles. The van der Waals surface area contributed by atoms with Crippen molar-refractivity contribution >= 4 is 21.7 Å². The van der Waals surface area contributed by atoms with Crippen molar-refractivity contribution in [1.82, 2.24) is 0 Å². The summed E-state index contributed by atoms with van der Waals surface area (Å²) >= 11 is 3.38. The van der Waals surface area contributed by atoms with Gasteiger partial charge in [-0.25, -0.2) is 0 Å². The van der Waals surface area contributed by atoms with Gasteiger partial charge in [0.05, 0.1) is 0 Å². The average molecular weight is 243 g/mol. The third kappa shape index (κ3) is 2.56. The molecule has 0 radical (unpaired) electrons. The monoisotopic (exact) mass is 242 g/mol. The maximum atomic E-state index is 10.9. The van der Waals surface area contributed by atoms with Gasteiger partial charge in [0, 0.05) is 10.9 Å². The minimum Gasteiger partial charge on any atom is -0.508 e. The van der Waals surface area contributed by atoms with Crippen LogP contribution in [0.25, 0.3) is 0 Å². The van der Waals surface area contributed by atoms with Crippen LogP contribution >= 0.6 is 15.9 Å². The van der Waals surface area contributed by atoms with Crippen molar-refractivity contribution < 1.29 is 9.90 Å². The summed E-state index contributed by atoms with van der Waals surface area (Å²) in [5, 5.41) is 9.30. The van der Waals surface area contributed by atoms with Crippen LogP contribution in [0.2, 0.25) is 0 Å². The van der Waals surface area contributed by atoms with Crippen molar-refractivity contribution in [2.45, 2.75) is 20.3 Å². The first-order valence-electron chi connectivity index (χ1n) is 3.98. The minimum atomic E-state index is 0.0886. The van der Waals surface area contributed by atoms with Crippen LogP contribution in [-0.2, 0) is 11.2 Å². The van der Waals surface area contributed by atoms with E-state index in [9.17, 15) is 9.90 Å². The van der Waals surface area contributed by atoms with E-state index in [1.165, 1.54) is 6.92 Å². The number of carbonyl (C=O) groups excluding carboxylic acids is 1. The van der Waals surface area contributed by atoms with Crippen molar-refractivity contribution in [3.05, 3.63) is 27.7 Å². The van der Waals surface area contributed by atoms with Crippen molar-refractivity contribution in [3.8, 4) is 5.75 Å². The summed E-state index contributed by atoms with van der Waals surface area (Å²) in [4.78, 5) is 10.9. The van der Waals surface area contributed by atoms with Gasteiger partial charge in [-0.1, -0.05) is 15.9 Å². The molecule has 0 heterocycles. The topological polar surface area (TPSA) is 37.3 Å². The molecule has 1 N–H and O–H groups in total. The fourth-order valence-electron chi connectivity index (χ4n) is 1.22. The molecular weight excluding hydrogens is 232 g/mol. The van der Waals surface area contributed by atoms with Crippen LogP contribution in [0.1, 0.15) is 18.1 Å². The van der Waals surface area contributed by atoms with E-state index in [2.05, 4.69) is 15.9 Å². The van der Waals surface area contributed by atoms with E-state index >= 15 is 0 Å². The van der Waals surface area contributed by atoms with Crippen LogP contribution in [0.15, 0.2) is 16.6 Å². The van der Waals surface area contributed by atoms with E-state index in [1.54, 1.807) is 12.1 Å². The van der Waals surface area contributed by atoms with E-state index in [0.29, 0.717) is 6.42 Å². The van der Waals surface area contributed by atoms with E-state index < -0.39 is 0 Å². The number of Topliss-reactive ketones (excluding diaryl/α,β-unsaturated/α-hetero) is 1. The van der Waals surface area contributed by atoms with Gasteiger partial charge in [0.2, 0.25) is 0 Å². The Labute approximate surface area is 85.7 Å². The zero-order valence-corrected chi connectivity index (χ0v) is 9.18. The SMILES string of the molecule is CC(=O)Cc1cc(O)cc(C)c1Br. The minimum absolute atomic E-state index is 0.0886. The molecule has 0 aromatic heterocycles. The summed E-state index contributed by atoms with van der Waals surface area (Å²) in [6, 6.07) is 3.27. The predicted molar refractivity (Wildman–Crippen MR) is 54.9 cm³/mol. The summed E-state index contributed by atoms with van der Waals surface area (Å²) in [7, 11) is 0. The summed E-state index contributed by atoms with van der Waals surface area (Å²) in [6.07, 6.45) is 0.357. The van der Waals surface area contributed by atoms with Crippen LogP contribution in [0, 0.1) is 6.92 Å². The first kappa shape index (κ1) is 10.3. The Hall–Kier alpha value is -0.830. The second-order valence-corrected chi connectivity index (χ2v) is 3.91. The van der Waals surface area contributed by atoms with Gasteiger partial charge >= 0.3 is 0 Å². The molecule has 1 rings (SSSR count). The normalized spacial score (nSPS) is 10.1. The van der Waals surface area contributed by atoms with E-state index in [0.717, 1.165) is 15.6 Å². The zero-order valence-electron chi connectivity index (χ0n) is 7.60. The molecular formula is C10H11BrO2. The number of benzene rings is 1. The molecule has 2 nitrogen and oxygen atoms in total. The van der Waals surface area contributed by atoms with Crippen LogP contribution in [0.3, 0.4) is 0 Å². The van der Waals surface area contributed by atoms with Crippen molar-refractivity contribution in [3.63, 3.8) is 0 Å². The molecule has 0 bridgehead atoms. The Kier molecular flexibility index (Phi) is 3.09. The number of phenols is 1. The Morgan fingerprint density at radius 2 is 2.15 bits per heavy atom. The van der Waals surface area contributed by atoms with Crippen molar-refractivity contribution in [2.24, 2.45) is 0 Å². The third-order valence-electron chi connectivity index (χ3n) is 1.75. The van der Waals surface area contributed by atoms with Gasteiger partial charge in [-0.15, -0.1) is 0 Å². The smallest absolute Gasteiger partial charge is 0.134 e. The fraction of sp³-hybridized carbons (Fsp3) is 0.300. The van der Waals surface area contributed by atoms with Crippen LogP contribution in [-0.4, -0.2) is 10.9 Å². The molecule has 0 spiro atoms. The highest BCUT2D eigenvalue weighted by Gasteiger charge is 2.07. The third-order valence-corrected chi connectivity index (χ3v) is 2.89. The van der Waals surface area contributed by atoms with Gasteiger partial charge in [-0.3, -0.25) is 4.79 Å². The van der Waals surface area contributed by atoms with E-state index in [-0.39, 0.29) is 11.5 Å². The molecule has 0 amide bonds. The zero-order chi connectivity index (χ0) is 10.0. The highest BCUT2D eigenvalue weighted by Crippen LogP contribution is 2.26. The number of aromatic hydroxyl groups is 1. The molecule has 0 atom stereocenters. The lowest BCUT2D eigenvalue weighted by atomic mass is 10.1. The Balaban J connectivity index is 3.12. The van der Waals surface area contributed by atoms with Gasteiger partial charge in [-0.2, -0.15) is 0 Å². The standard InChI is InChI=1S/C10H11BrO2/c1-6-3-9(13)5-8(10(6)11)4-7(2)12/h3,5,13H,4H2,1-2H3. The maximum absolute atomic E-state index is 10.9. The molecule has 0 fully saturated rings. The molecule has 3 heteroatoms. The molecule has 0 saturated heterocycles. The Bertz CT molecular complexity index is 345. The number of rotatable bonds is 2. The number of hydrogen-bond acceptors (Lipinski definition) is 2. The molecule has 1 aromatic rings. The second kappa shape index (κ2) is 3.92. The lowest BCUT2D eigenvalue weighted by molar-refractivity contribution is -0.116. The summed E-state index contributed by atoms with van der Waals surface area (Å²) in [5.74, 6) is 0.294. The maximum Gasteiger partial charge on any atom is 0.134 e. The predicted octanol–water partition coefficient (Wildman–Crippen LogP) is 2.59. The molecule has 13 heavy (non-hydrogen) atoms. The lowest BCUT2D eigenvalue weighted by Crippen LogP contribution is -1.98. The molecule has 0 saturated carbocycles. The van der Waals surface area contributed by atoms with Gasteiger partial charge in [-0.05, 0) is 37.1 Å². The molecule has 0 aliphatic heterocycles. The van der Waals surface area contributed by atoms with Gasteiger partial charge in [0.15, 0.2) is 0 Å². The number of aryl methyl sites for hydroxylation is 1. The van der Waals surface area contributed by atoms with Crippen molar-refractivity contribution in [2.75, 3.05) is 0 Å². The number of phenolic OH excluding ortho intramolecular Hbond substituents is 1. The summed E-state index contributed by atoms with van der Waals surface area (Å²) in [5.41, 5.74) is 1.78. The summed E-state index contributed by atoms with van der Waals surface area (Å²) in [6.45, 7) is 3.42. The van der Waals surface area contributed by atoms with Crippen LogP contribution in [0.4, 0.5) is 0 Å². The first-order valence-corrected chi connectivity index (χ1v) is 4.77. The molecule has 70 valence electrons. The first-order chi connectivity index (χ1) is 6.00. The number of halogens is 1. The van der Waals surface area contributed by atoms with Gasteiger partial charge in [0.25, 0.3) is 0 Å². The molecule has 0 aliphatic rings. The number of carbonyl (C=O) groups is 1. The average Bonchev–Trinajstić information content (AvgIpc) is 1.98. The highest BCUT2D eigenvalue weighted by atomic mass is 79.9. The van der Waals surface area contributed by atoms with Crippen molar-refractivity contribution in [1.29, 1.82) is 0 Å². The number of hydrogen-bond donors (Lipinski definition) is 1. The van der Waals surface area contributed by atoms with Gasteiger partial charge < -0.3 is 5.11 Å². The molecule has 0 unspecified atom stereocenters. The van der Waals surface area contributed by atoms with E-state index in [1.807, 2.05) is 6.92 Å². The quantitative estimate of drug-likeness (QED) is 0.866. The Morgan fingerprint density at radius 3 is 2.69 bits per heavy atom. The molecule has 0 aliphatic carbocycles. The Morgan fingerprint density at radius 1 is 1.54 bits per heavy atom. The highest BCUT2D eigenvalue weighted by molar-refractivity contribution is 9.10. The lowest BCUT2D eigenvalue weighted by Gasteiger charge is -2.06. The van der Waals surface area contributed by atoms with Crippen LogP contribution < -0.4 is 0 Å². The van der Waals surface area contributed by atoms with E-state index in [4.69, 9.17) is 0 Å². The second-order valence-electron chi connectivity index (χ2n) is 3.11.